The van der Waals surface area contributed by atoms with Gasteiger partial charge in [0.2, 0.25) is 5.91 Å². The van der Waals surface area contributed by atoms with Gasteiger partial charge in [0, 0.05) is 0 Å². The van der Waals surface area contributed by atoms with Gasteiger partial charge in [-0.15, -0.1) is 0 Å². The van der Waals surface area contributed by atoms with Crippen molar-refractivity contribution in [1.82, 2.24) is 4.98 Å². The lowest BCUT2D eigenvalue weighted by Crippen LogP contribution is -2.47. The minimum absolute atomic E-state index is 0.264. The second-order valence-electron chi connectivity index (χ2n) is 3.57. The van der Waals surface area contributed by atoms with E-state index in [1.807, 2.05) is 6.92 Å². The van der Waals surface area contributed by atoms with E-state index in [9.17, 15) is 4.79 Å². The summed E-state index contributed by atoms with van der Waals surface area (Å²) in [5, 5.41) is 2.95. The largest absolute Gasteiger partial charge is 0.318 e. The van der Waals surface area contributed by atoms with Gasteiger partial charge in [0.25, 0.3) is 0 Å². The molecule has 0 radical (unpaired) electrons. The Bertz CT molecular complexity index is 365. The number of nitrogens with two attached hydrogens (primary N) is 1. The molecule has 0 aromatic carbocycles. The maximum absolute atomic E-state index is 11.7. The number of hydrogen-bond acceptors (Lipinski definition) is 3. The lowest BCUT2D eigenvalue weighted by atomic mass is 10.00. The summed E-state index contributed by atoms with van der Waals surface area (Å²) < 4.78 is 0. The number of carbonyl (C=O) groups is 1. The van der Waals surface area contributed by atoms with Crippen molar-refractivity contribution in [2.75, 3.05) is 5.32 Å². The molecule has 0 saturated heterocycles. The minimum atomic E-state index is -0.885. The maximum atomic E-state index is 11.7. The molecule has 1 rings (SSSR count). The molecule has 82 valence electrons. The number of rotatable bonds is 3. The molecule has 1 aromatic heterocycles. The molecule has 0 bridgehead atoms. The number of nitrogens with one attached hydrogen (secondary N) is 1. The molecule has 5 heteroatoms. The lowest BCUT2D eigenvalue weighted by Gasteiger charge is -2.21. The zero-order valence-corrected chi connectivity index (χ0v) is 9.51. The smallest absolute Gasteiger partial charge is 0.245 e. The van der Waals surface area contributed by atoms with Crippen LogP contribution < -0.4 is 11.1 Å². The Morgan fingerprint density at radius 3 is 2.87 bits per heavy atom. The van der Waals surface area contributed by atoms with E-state index in [2.05, 4.69) is 10.3 Å². The summed E-state index contributed by atoms with van der Waals surface area (Å²) in [6, 6.07) is 5.01. The van der Waals surface area contributed by atoms with Gasteiger partial charge in [0.15, 0.2) is 0 Å². The molecule has 1 atom stereocenters. The van der Waals surface area contributed by atoms with E-state index in [1.165, 1.54) is 0 Å². The van der Waals surface area contributed by atoms with Crippen LogP contribution in [0.4, 0.5) is 5.82 Å². The van der Waals surface area contributed by atoms with Gasteiger partial charge in [-0.1, -0.05) is 24.6 Å². The molecule has 4 nitrogen and oxygen atoms in total. The van der Waals surface area contributed by atoms with E-state index >= 15 is 0 Å². The molecule has 0 saturated carbocycles. The third-order valence-corrected chi connectivity index (χ3v) is 2.42. The zero-order valence-electron chi connectivity index (χ0n) is 8.75. The van der Waals surface area contributed by atoms with E-state index in [-0.39, 0.29) is 5.91 Å². The molecule has 0 fully saturated rings. The molecular weight excluding hydrogens is 214 g/mol. The van der Waals surface area contributed by atoms with Crippen molar-refractivity contribution in [3.8, 4) is 0 Å². The van der Waals surface area contributed by atoms with Gasteiger partial charge >= 0.3 is 0 Å². The summed E-state index contributed by atoms with van der Waals surface area (Å²) in [4.78, 5) is 15.6. The highest BCUT2D eigenvalue weighted by atomic mass is 35.5. The van der Waals surface area contributed by atoms with Gasteiger partial charge in [-0.25, -0.2) is 4.98 Å². The number of hydrogen-bond donors (Lipinski definition) is 2. The molecule has 0 spiro atoms. The Hall–Kier alpha value is -1.13. The van der Waals surface area contributed by atoms with Crippen molar-refractivity contribution < 1.29 is 4.79 Å². The van der Waals surface area contributed by atoms with Crippen LogP contribution in [0.5, 0.6) is 0 Å². The number of anilines is 1. The maximum Gasteiger partial charge on any atom is 0.245 e. The highest BCUT2D eigenvalue weighted by Crippen LogP contribution is 2.12. The van der Waals surface area contributed by atoms with Crippen molar-refractivity contribution >= 4 is 23.3 Å². The number of nitrogens with zero attached hydrogens (tertiary/aromatic N) is 1. The van der Waals surface area contributed by atoms with Gasteiger partial charge in [0.1, 0.15) is 11.0 Å². The topological polar surface area (TPSA) is 68.0 Å². The third kappa shape index (κ3) is 3.18. The summed E-state index contributed by atoms with van der Waals surface area (Å²) in [6.45, 7) is 3.53. The highest BCUT2D eigenvalue weighted by molar-refractivity contribution is 6.29. The van der Waals surface area contributed by atoms with Crippen molar-refractivity contribution in [2.24, 2.45) is 5.73 Å². The van der Waals surface area contributed by atoms with E-state index in [0.717, 1.165) is 0 Å². The van der Waals surface area contributed by atoms with Crippen LogP contribution in [0, 0.1) is 0 Å². The van der Waals surface area contributed by atoms with Gasteiger partial charge in [0.05, 0.1) is 5.54 Å². The first-order valence-corrected chi connectivity index (χ1v) is 5.06. The van der Waals surface area contributed by atoms with Gasteiger partial charge in [-0.2, -0.15) is 0 Å². The quantitative estimate of drug-likeness (QED) is 0.774. The summed E-state index contributed by atoms with van der Waals surface area (Å²) >= 11 is 5.68. The molecular formula is C10H14ClN3O. The second kappa shape index (κ2) is 4.59. The molecule has 1 aromatic rings. The molecule has 1 unspecified atom stereocenters. The van der Waals surface area contributed by atoms with Crippen LogP contribution in [-0.2, 0) is 4.79 Å². The van der Waals surface area contributed by atoms with Gasteiger partial charge in [-0.05, 0) is 25.5 Å². The molecule has 15 heavy (non-hydrogen) atoms. The lowest BCUT2D eigenvalue weighted by molar-refractivity contribution is -0.120. The Labute approximate surface area is 93.8 Å². The zero-order chi connectivity index (χ0) is 11.5. The SMILES string of the molecule is CCC(C)(N)C(=O)Nc1cccc(Cl)n1. The van der Waals surface area contributed by atoms with E-state index in [4.69, 9.17) is 17.3 Å². The number of carbonyl (C=O) groups excluding carboxylic acids is 1. The van der Waals surface area contributed by atoms with Crippen LogP contribution in [0.3, 0.4) is 0 Å². The predicted molar refractivity (Wildman–Crippen MR) is 60.8 cm³/mol. The summed E-state index contributed by atoms with van der Waals surface area (Å²) in [5.74, 6) is 0.150. The normalized spacial score (nSPS) is 14.4. The Morgan fingerprint density at radius 2 is 2.33 bits per heavy atom. The number of amides is 1. The van der Waals surface area contributed by atoms with E-state index in [1.54, 1.807) is 25.1 Å². The average Bonchev–Trinajstić information content (AvgIpc) is 2.17. The van der Waals surface area contributed by atoms with Crippen molar-refractivity contribution in [1.29, 1.82) is 0 Å². The van der Waals surface area contributed by atoms with Crippen molar-refractivity contribution in [3.05, 3.63) is 23.4 Å². The third-order valence-electron chi connectivity index (χ3n) is 2.21. The van der Waals surface area contributed by atoms with Gasteiger partial charge in [-0.3, -0.25) is 4.79 Å². The first kappa shape index (κ1) is 11.9. The fourth-order valence-electron chi connectivity index (χ4n) is 0.898. The second-order valence-corrected chi connectivity index (χ2v) is 3.96. The minimum Gasteiger partial charge on any atom is -0.318 e. The van der Waals surface area contributed by atoms with Gasteiger partial charge < -0.3 is 11.1 Å². The number of pyridine rings is 1. The van der Waals surface area contributed by atoms with Crippen LogP contribution in [0.15, 0.2) is 18.2 Å². The molecule has 0 aliphatic carbocycles. The highest BCUT2D eigenvalue weighted by Gasteiger charge is 2.26. The van der Waals surface area contributed by atoms with E-state index < -0.39 is 5.54 Å². The average molecular weight is 228 g/mol. The number of halogens is 1. The Kier molecular flexibility index (Phi) is 3.66. The van der Waals surface area contributed by atoms with Crippen LogP contribution in [0.25, 0.3) is 0 Å². The summed E-state index contributed by atoms with van der Waals surface area (Å²) in [5.41, 5.74) is 4.89. The Balaban J connectivity index is 2.75. The van der Waals surface area contributed by atoms with Crippen molar-refractivity contribution in [3.63, 3.8) is 0 Å². The molecule has 3 N–H and O–H groups in total. The molecule has 1 heterocycles. The summed E-state index contributed by atoms with van der Waals surface area (Å²) in [7, 11) is 0. The standard InChI is InChI=1S/C10H14ClN3O/c1-3-10(2,12)9(15)14-8-6-4-5-7(11)13-8/h4-6H,3,12H2,1-2H3,(H,13,14,15). The molecule has 0 aliphatic rings. The number of aromatic nitrogens is 1. The van der Waals surface area contributed by atoms with Crippen molar-refractivity contribution in [2.45, 2.75) is 25.8 Å². The molecule has 0 aliphatic heterocycles. The van der Waals surface area contributed by atoms with Crippen LogP contribution in [0.1, 0.15) is 20.3 Å². The fourth-order valence-corrected chi connectivity index (χ4v) is 1.06. The summed E-state index contributed by atoms with van der Waals surface area (Å²) in [6.07, 6.45) is 0.555. The molecule has 1 amide bonds. The van der Waals surface area contributed by atoms with Crippen LogP contribution in [-0.4, -0.2) is 16.4 Å². The van der Waals surface area contributed by atoms with Crippen LogP contribution in [0.2, 0.25) is 5.15 Å². The first-order valence-electron chi connectivity index (χ1n) is 4.68. The van der Waals surface area contributed by atoms with Crippen LogP contribution >= 0.6 is 11.6 Å². The fraction of sp³-hybridized carbons (Fsp3) is 0.400. The Morgan fingerprint density at radius 1 is 1.67 bits per heavy atom. The predicted octanol–water partition coefficient (Wildman–Crippen LogP) is 1.80. The first-order chi connectivity index (χ1) is 6.95. The van der Waals surface area contributed by atoms with E-state index in [0.29, 0.717) is 17.4 Å². The monoisotopic (exact) mass is 227 g/mol.